The van der Waals surface area contributed by atoms with Gasteiger partial charge in [0.1, 0.15) is 6.17 Å². The number of halogens is 2. The van der Waals surface area contributed by atoms with Crippen molar-refractivity contribution in [2.24, 2.45) is 0 Å². The van der Waals surface area contributed by atoms with E-state index >= 15 is 0 Å². The number of piperidine rings is 1. The van der Waals surface area contributed by atoms with Crippen LogP contribution in [0.5, 0.6) is 0 Å². The van der Waals surface area contributed by atoms with Crippen molar-refractivity contribution < 1.29 is 8.78 Å². The van der Waals surface area contributed by atoms with Gasteiger partial charge in [-0.15, -0.1) is 6.58 Å². The van der Waals surface area contributed by atoms with Gasteiger partial charge in [0.2, 0.25) is 0 Å². The number of allylic oxidation sites excluding steroid dienone is 4. The SMILES string of the molecule is C=C/C=C(\C)F.C=CC.CC.CCNC1CCNCC1F. The second kappa shape index (κ2) is 21.3. The van der Waals surface area contributed by atoms with E-state index in [1.54, 1.807) is 6.08 Å². The van der Waals surface area contributed by atoms with Gasteiger partial charge in [-0.2, -0.15) is 0 Å². The summed E-state index contributed by atoms with van der Waals surface area (Å²) in [5.74, 6) is -0.204. The molecule has 21 heavy (non-hydrogen) atoms. The van der Waals surface area contributed by atoms with Crippen molar-refractivity contribution in [3.63, 3.8) is 0 Å². The van der Waals surface area contributed by atoms with E-state index in [9.17, 15) is 8.78 Å². The fraction of sp³-hybridized carbons (Fsp3) is 0.647. The van der Waals surface area contributed by atoms with Crippen LogP contribution < -0.4 is 10.6 Å². The monoisotopic (exact) mass is 304 g/mol. The third-order valence-electron chi connectivity index (χ3n) is 2.22. The lowest BCUT2D eigenvalue weighted by Crippen LogP contribution is -2.48. The van der Waals surface area contributed by atoms with Crippen molar-refractivity contribution in [2.75, 3.05) is 19.6 Å². The third-order valence-corrected chi connectivity index (χ3v) is 2.22. The molecular weight excluding hydrogens is 270 g/mol. The lowest BCUT2D eigenvalue weighted by atomic mass is 10.1. The maximum atomic E-state index is 12.9. The fourth-order valence-corrected chi connectivity index (χ4v) is 1.48. The standard InChI is InChI=1S/C7H15FN2.C5H7F.C3H6.C2H6/c1-2-10-7-3-4-9-5-6(7)8;1-3-4-5(2)6;1-3-2;1-2/h6-7,9-10H,2-5H2,1H3;3-4H,1H2,2H3;3H,1H2,2H3;1-2H3/b;5-4+;;. The van der Waals surface area contributed by atoms with Gasteiger partial charge in [-0.05, 0) is 39.4 Å². The predicted molar refractivity (Wildman–Crippen MR) is 92.1 cm³/mol. The van der Waals surface area contributed by atoms with E-state index in [1.807, 2.05) is 27.7 Å². The molecule has 4 heteroatoms. The molecule has 0 radical (unpaired) electrons. The number of nitrogens with one attached hydrogen (secondary N) is 2. The summed E-state index contributed by atoms with van der Waals surface area (Å²) in [6.07, 6.45) is 4.68. The minimum atomic E-state index is -0.700. The van der Waals surface area contributed by atoms with Crippen LogP contribution >= 0.6 is 0 Å². The van der Waals surface area contributed by atoms with E-state index in [4.69, 9.17) is 0 Å². The Morgan fingerprint density at radius 3 is 2.19 bits per heavy atom. The highest BCUT2D eigenvalue weighted by Gasteiger charge is 2.22. The molecule has 2 unspecified atom stereocenters. The van der Waals surface area contributed by atoms with Gasteiger partial charge in [0.05, 0.1) is 5.83 Å². The summed E-state index contributed by atoms with van der Waals surface area (Å²) >= 11 is 0. The van der Waals surface area contributed by atoms with Gasteiger partial charge in [0, 0.05) is 12.6 Å². The first kappa shape index (κ1) is 25.0. The van der Waals surface area contributed by atoms with Gasteiger partial charge in [-0.1, -0.05) is 39.5 Å². The zero-order chi connectivity index (χ0) is 17.1. The molecule has 2 N–H and O–H groups in total. The molecule has 1 fully saturated rings. The van der Waals surface area contributed by atoms with E-state index in [-0.39, 0.29) is 11.9 Å². The highest BCUT2D eigenvalue weighted by atomic mass is 19.1. The normalized spacial score (nSPS) is 20.4. The Hall–Kier alpha value is -1.00. The average Bonchev–Trinajstić information content (AvgIpc) is 2.45. The molecule has 2 atom stereocenters. The quantitative estimate of drug-likeness (QED) is 0.590. The van der Waals surface area contributed by atoms with Gasteiger partial charge in [-0.3, -0.25) is 0 Å². The molecule has 1 aliphatic rings. The molecule has 0 amide bonds. The van der Waals surface area contributed by atoms with Crippen LogP contribution in [0.4, 0.5) is 8.78 Å². The Labute approximate surface area is 130 Å². The predicted octanol–water partition coefficient (Wildman–Crippen LogP) is 4.56. The molecule has 0 aromatic carbocycles. The average molecular weight is 304 g/mol. The van der Waals surface area contributed by atoms with Gasteiger partial charge in [0.25, 0.3) is 0 Å². The van der Waals surface area contributed by atoms with Crippen molar-refractivity contribution in [3.8, 4) is 0 Å². The van der Waals surface area contributed by atoms with Crippen LogP contribution in [-0.2, 0) is 0 Å². The Balaban J connectivity index is -0.000000253. The van der Waals surface area contributed by atoms with Crippen LogP contribution in [0, 0.1) is 0 Å². The minimum Gasteiger partial charge on any atom is -0.314 e. The van der Waals surface area contributed by atoms with E-state index in [0.717, 1.165) is 19.5 Å². The molecule has 1 aliphatic heterocycles. The zero-order valence-corrected chi connectivity index (χ0v) is 14.4. The summed E-state index contributed by atoms with van der Waals surface area (Å²) < 4.78 is 24.4. The molecule has 1 rings (SSSR count). The molecule has 2 nitrogen and oxygen atoms in total. The van der Waals surface area contributed by atoms with Crippen molar-refractivity contribution in [2.45, 2.75) is 53.3 Å². The summed E-state index contributed by atoms with van der Waals surface area (Å²) in [5.41, 5.74) is 0. The highest BCUT2D eigenvalue weighted by Crippen LogP contribution is 2.06. The lowest BCUT2D eigenvalue weighted by molar-refractivity contribution is 0.205. The third kappa shape index (κ3) is 21.4. The Kier molecular flexibility index (Phi) is 25.3. The molecule has 1 heterocycles. The van der Waals surface area contributed by atoms with Crippen molar-refractivity contribution in [3.05, 3.63) is 37.2 Å². The molecule has 0 saturated carbocycles. The van der Waals surface area contributed by atoms with Crippen molar-refractivity contribution >= 4 is 0 Å². The number of hydrogen-bond acceptors (Lipinski definition) is 2. The topological polar surface area (TPSA) is 24.1 Å². The maximum Gasteiger partial charge on any atom is 0.128 e. The first-order chi connectivity index (χ1) is 10.0. The molecule has 126 valence electrons. The van der Waals surface area contributed by atoms with Crippen LogP contribution in [0.15, 0.2) is 37.2 Å². The fourth-order valence-electron chi connectivity index (χ4n) is 1.48. The number of alkyl halides is 1. The second-order valence-electron chi connectivity index (χ2n) is 4.07. The highest BCUT2D eigenvalue weighted by molar-refractivity contribution is 5.00. The van der Waals surface area contributed by atoms with Crippen LogP contribution in [0.2, 0.25) is 0 Å². The van der Waals surface area contributed by atoms with Crippen LogP contribution in [0.1, 0.15) is 41.0 Å². The molecular formula is C17H34F2N2. The maximum absolute atomic E-state index is 12.9. The van der Waals surface area contributed by atoms with Crippen LogP contribution in [0.25, 0.3) is 0 Å². The van der Waals surface area contributed by atoms with E-state index < -0.39 is 6.17 Å². The Morgan fingerprint density at radius 2 is 1.90 bits per heavy atom. The van der Waals surface area contributed by atoms with Gasteiger partial charge >= 0.3 is 0 Å². The number of hydrogen-bond donors (Lipinski definition) is 2. The van der Waals surface area contributed by atoms with E-state index in [0.29, 0.717) is 6.54 Å². The molecule has 0 aromatic heterocycles. The lowest BCUT2D eigenvalue weighted by Gasteiger charge is -2.26. The van der Waals surface area contributed by atoms with Crippen molar-refractivity contribution in [1.82, 2.24) is 10.6 Å². The summed E-state index contributed by atoms with van der Waals surface area (Å²) in [6, 6.07) is 0.0891. The van der Waals surface area contributed by atoms with Crippen LogP contribution in [0.3, 0.4) is 0 Å². The summed E-state index contributed by atoms with van der Waals surface area (Å²) in [4.78, 5) is 0. The Bertz CT molecular complexity index is 247. The minimum absolute atomic E-state index is 0.0891. The molecule has 0 aromatic rings. The van der Waals surface area contributed by atoms with E-state index in [2.05, 4.69) is 23.8 Å². The molecule has 0 aliphatic carbocycles. The van der Waals surface area contributed by atoms with E-state index in [1.165, 1.54) is 19.1 Å². The first-order valence-corrected chi connectivity index (χ1v) is 7.63. The number of rotatable bonds is 3. The largest absolute Gasteiger partial charge is 0.314 e. The van der Waals surface area contributed by atoms with Crippen LogP contribution in [-0.4, -0.2) is 31.8 Å². The smallest absolute Gasteiger partial charge is 0.128 e. The molecule has 0 bridgehead atoms. The Morgan fingerprint density at radius 1 is 1.38 bits per heavy atom. The second-order valence-corrected chi connectivity index (χ2v) is 4.07. The first-order valence-electron chi connectivity index (χ1n) is 7.63. The zero-order valence-electron chi connectivity index (χ0n) is 14.4. The summed E-state index contributed by atoms with van der Waals surface area (Å²) in [5, 5.41) is 6.13. The van der Waals surface area contributed by atoms with Gasteiger partial charge in [-0.25, -0.2) is 8.78 Å². The van der Waals surface area contributed by atoms with Gasteiger partial charge < -0.3 is 10.6 Å². The summed E-state index contributed by atoms with van der Waals surface area (Å²) in [7, 11) is 0. The molecule has 0 spiro atoms. The summed E-state index contributed by atoms with van der Waals surface area (Å²) in [6.45, 7) is 18.2. The van der Waals surface area contributed by atoms with Gasteiger partial charge in [0.15, 0.2) is 0 Å². The van der Waals surface area contributed by atoms with Crippen molar-refractivity contribution in [1.29, 1.82) is 0 Å². The molecule has 1 saturated heterocycles.